The van der Waals surface area contributed by atoms with Gasteiger partial charge in [-0.15, -0.1) is 0 Å². The number of nitrogens with one attached hydrogen (secondary N) is 1. The van der Waals surface area contributed by atoms with Crippen LogP contribution in [-0.4, -0.2) is 53.8 Å². The first-order chi connectivity index (χ1) is 10.5. The summed E-state index contributed by atoms with van der Waals surface area (Å²) in [4.78, 5) is 24.8. The lowest BCUT2D eigenvalue weighted by molar-refractivity contribution is -0.143. The van der Waals surface area contributed by atoms with Crippen LogP contribution < -0.4 is 5.32 Å². The van der Waals surface area contributed by atoms with Crippen LogP contribution in [0.15, 0.2) is 0 Å². The predicted molar refractivity (Wildman–Crippen MR) is 82.7 cm³/mol. The van der Waals surface area contributed by atoms with Crippen molar-refractivity contribution in [1.29, 1.82) is 0 Å². The van der Waals surface area contributed by atoms with Crippen molar-refractivity contribution in [2.75, 3.05) is 19.6 Å². The second kappa shape index (κ2) is 7.81. The summed E-state index contributed by atoms with van der Waals surface area (Å²) >= 11 is 0. The molecule has 2 aliphatic heterocycles. The first-order valence-electron chi connectivity index (χ1n) is 8.36. The van der Waals surface area contributed by atoms with Crippen LogP contribution in [0.4, 0.5) is 4.79 Å². The lowest BCUT2D eigenvalue weighted by Crippen LogP contribution is -2.47. The van der Waals surface area contributed by atoms with E-state index in [4.69, 9.17) is 9.84 Å². The van der Waals surface area contributed by atoms with Gasteiger partial charge in [0.1, 0.15) is 0 Å². The van der Waals surface area contributed by atoms with Gasteiger partial charge in [-0.3, -0.25) is 4.79 Å². The van der Waals surface area contributed by atoms with Gasteiger partial charge in [-0.25, -0.2) is 4.79 Å². The summed E-state index contributed by atoms with van der Waals surface area (Å²) in [6, 6.07) is -0.126. The maximum Gasteiger partial charge on any atom is 0.317 e. The molecule has 0 saturated carbocycles. The number of ether oxygens (including phenoxy) is 1. The molecule has 2 fully saturated rings. The van der Waals surface area contributed by atoms with Crippen LogP contribution in [-0.2, 0) is 9.53 Å². The zero-order valence-corrected chi connectivity index (χ0v) is 13.6. The summed E-state index contributed by atoms with van der Waals surface area (Å²) in [6.45, 7) is 5.83. The summed E-state index contributed by atoms with van der Waals surface area (Å²) < 4.78 is 5.72. The Labute approximate surface area is 132 Å². The van der Waals surface area contributed by atoms with Gasteiger partial charge >= 0.3 is 12.0 Å². The molecule has 2 heterocycles. The lowest BCUT2D eigenvalue weighted by Gasteiger charge is -2.33. The van der Waals surface area contributed by atoms with Crippen molar-refractivity contribution in [3.8, 4) is 0 Å². The third-order valence-electron chi connectivity index (χ3n) is 4.68. The lowest BCUT2D eigenvalue weighted by atomic mass is 9.90. The van der Waals surface area contributed by atoms with E-state index in [1.807, 2.05) is 0 Å². The number of carbonyl (C=O) groups excluding carboxylic acids is 1. The Morgan fingerprint density at radius 1 is 1.27 bits per heavy atom. The number of amides is 2. The van der Waals surface area contributed by atoms with Gasteiger partial charge in [-0.05, 0) is 51.9 Å². The van der Waals surface area contributed by atoms with Crippen LogP contribution in [0.3, 0.4) is 0 Å². The minimum absolute atomic E-state index is 0.126. The van der Waals surface area contributed by atoms with Crippen LogP contribution in [0.25, 0.3) is 0 Å². The molecule has 2 rings (SSSR count). The van der Waals surface area contributed by atoms with E-state index in [2.05, 4.69) is 19.2 Å². The van der Waals surface area contributed by atoms with E-state index >= 15 is 0 Å². The molecule has 0 spiro atoms. The SMILES string of the molecule is CC1CC(CCNC(=O)N2CCCC(C(=O)O)C2)CC(C)O1. The smallest absolute Gasteiger partial charge is 0.317 e. The summed E-state index contributed by atoms with van der Waals surface area (Å²) in [6.07, 6.45) is 5.07. The van der Waals surface area contributed by atoms with Gasteiger partial charge in [0.2, 0.25) is 0 Å². The third kappa shape index (κ3) is 4.87. The average Bonchev–Trinajstić information content (AvgIpc) is 2.46. The van der Waals surface area contributed by atoms with E-state index in [1.165, 1.54) is 0 Å². The van der Waals surface area contributed by atoms with Gasteiger partial charge in [0.25, 0.3) is 0 Å². The molecule has 0 radical (unpaired) electrons. The Kier molecular flexibility index (Phi) is 6.06. The number of likely N-dealkylation sites (tertiary alicyclic amines) is 1. The molecule has 0 bridgehead atoms. The largest absolute Gasteiger partial charge is 0.481 e. The quantitative estimate of drug-likeness (QED) is 0.833. The molecule has 2 N–H and O–H groups in total. The van der Waals surface area contributed by atoms with Crippen molar-refractivity contribution in [2.24, 2.45) is 11.8 Å². The Balaban J connectivity index is 1.70. The molecule has 3 atom stereocenters. The molecule has 0 aromatic heterocycles. The van der Waals surface area contributed by atoms with Crippen molar-refractivity contribution in [2.45, 2.75) is 58.2 Å². The van der Waals surface area contributed by atoms with Crippen LogP contribution in [0.1, 0.15) is 46.0 Å². The van der Waals surface area contributed by atoms with Gasteiger partial charge in [0, 0.05) is 19.6 Å². The highest BCUT2D eigenvalue weighted by Gasteiger charge is 2.28. The van der Waals surface area contributed by atoms with Crippen LogP contribution >= 0.6 is 0 Å². The molecule has 126 valence electrons. The Morgan fingerprint density at radius 2 is 1.95 bits per heavy atom. The maximum absolute atomic E-state index is 12.1. The molecule has 6 heteroatoms. The van der Waals surface area contributed by atoms with Gasteiger partial charge < -0.3 is 20.1 Å². The number of hydrogen-bond donors (Lipinski definition) is 2. The Morgan fingerprint density at radius 3 is 2.59 bits per heavy atom. The van der Waals surface area contributed by atoms with Crippen molar-refractivity contribution in [1.82, 2.24) is 10.2 Å². The molecule has 2 saturated heterocycles. The normalized spacial score (nSPS) is 32.5. The second-order valence-electron chi connectivity index (χ2n) is 6.74. The van der Waals surface area contributed by atoms with Crippen LogP contribution in [0, 0.1) is 11.8 Å². The van der Waals surface area contributed by atoms with E-state index in [-0.39, 0.29) is 6.03 Å². The Hall–Kier alpha value is -1.30. The minimum atomic E-state index is -0.803. The molecule has 2 amide bonds. The third-order valence-corrected chi connectivity index (χ3v) is 4.68. The fraction of sp³-hybridized carbons (Fsp3) is 0.875. The van der Waals surface area contributed by atoms with Crippen molar-refractivity contribution in [3.63, 3.8) is 0 Å². The summed E-state index contributed by atoms with van der Waals surface area (Å²) in [5.74, 6) is -0.633. The first-order valence-corrected chi connectivity index (χ1v) is 8.36. The van der Waals surface area contributed by atoms with Gasteiger partial charge in [-0.2, -0.15) is 0 Å². The standard InChI is InChI=1S/C16H28N2O4/c1-11-8-13(9-12(2)22-11)5-6-17-16(21)18-7-3-4-14(10-18)15(19)20/h11-14H,3-10H2,1-2H3,(H,17,21)(H,19,20). The topological polar surface area (TPSA) is 78.9 Å². The predicted octanol–water partition coefficient (Wildman–Crippen LogP) is 2.09. The summed E-state index contributed by atoms with van der Waals surface area (Å²) in [5.41, 5.74) is 0. The number of hydrogen-bond acceptors (Lipinski definition) is 3. The van der Waals surface area contributed by atoms with Gasteiger partial charge in [-0.1, -0.05) is 0 Å². The summed E-state index contributed by atoms with van der Waals surface area (Å²) in [5, 5.41) is 12.0. The van der Waals surface area contributed by atoms with Crippen molar-refractivity contribution < 1.29 is 19.4 Å². The van der Waals surface area contributed by atoms with Crippen LogP contribution in [0.2, 0.25) is 0 Å². The monoisotopic (exact) mass is 312 g/mol. The highest BCUT2D eigenvalue weighted by Crippen LogP contribution is 2.26. The van der Waals surface area contributed by atoms with Gasteiger partial charge in [0.05, 0.1) is 18.1 Å². The highest BCUT2D eigenvalue weighted by molar-refractivity contribution is 5.76. The van der Waals surface area contributed by atoms with E-state index in [1.54, 1.807) is 4.90 Å². The van der Waals surface area contributed by atoms with E-state index < -0.39 is 11.9 Å². The molecule has 2 aliphatic rings. The van der Waals surface area contributed by atoms with Crippen molar-refractivity contribution in [3.05, 3.63) is 0 Å². The van der Waals surface area contributed by atoms with E-state index in [9.17, 15) is 9.59 Å². The molecule has 22 heavy (non-hydrogen) atoms. The number of piperidine rings is 1. The Bertz CT molecular complexity index is 392. The average molecular weight is 312 g/mol. The fourth-order valence-corrected chi connectivity index (χ4v) is 3.64. The zero-order chi connectivity index (χ0) is 16.1. The molecule has 0 aromatic carbocycles. The number of aliphatic carboxylic acids is 1. The first kappa shape index (κ1) is 17.1. The van der Waals surface area contributed by atoms with E-state index in [0.717, 1.165) is 25.7 Å². The number of nitrogens with zero attached hydrogens (tertiary/aromatic N) is 1. The highest BCUT2D eigenvalue weighted by atomic mass is 16.5. The number of urea groups is 1. The minimum Gasteiger partial charge on any atom is -0.481 e. The number of carboxylic acids is 1. The number of carbonyl (C=O) groups is 2. The molecule has 0 aromatic rings. The van der Waals surface area contributed by atoms with E-state index in [0.29, 0.717) is 44.2 Å². The summed E-state index contributed by atoms with van der Waals surface area (Å²) in [7, 11) is 0. The second-order valence-corrected chi connectivity index (χ2v) is 6.74. The fourth-order valence-electron chi connectivity index (χ4n) is 3.64. The maximum atomic E-state index is 12.1. The van der Waals surface area contributed by atoms with Gasteiger partial charge in [0.15, 0.2) is 0 Å². The molecular formula is C16H28N2O4. The number of rotatable bonds is 4. The van der Waals surface area contributed by atoms with Crippen molar-refractivity contribution >= 4 is 12.0 Å². The molecule has 3 unspecified atom stereocenters. The molecule has 6 nitrogen and oxygen atoms in total. The molecule has 0 aliphatic carbocycles. The number of carboxylic acid groups (broad SMARTS) is 1. The zero-order valence-electron chi connectivity index (χ0n) is 13.6. The molecular weight excluding hydrogens is 284 g/mol. The van der Waals surface area contributed by atoms with Crippen LogP contribution in [0.5, 0.6) is 0 Å².